The Bertz CT molecular complexity index is 1020. The highest BCUT2D eigenvalue weighted by molar-refractivity contribution is 6.00. The molecule has 0 aromatic heterocycles. The predicted molar refractivity (Wildman–Crippen MR) is 120 cm³/mol. The van der Waals surface area contributed by atoms with Crippen LogP contribution in [0.1, 0.15) is 29.5 Å². The Balaban J connectivity index is 1.64. The van der Waals surface area contributed by atoms with Gasteiger partial charge in [0.05, 0.1) is 12.2 Å². The molecular formula is C24H26F3N3O4. The van der Waals surface area contributed by atoms with E-state index in [2.05, 4.69) is 22.4 Å². The first-order chi connectivity index (χ1) is 16.3. The zero-order chi connectivity index (χ0) is 24.6. The van der Waals surface area contributed by atoms with Crippen LogP contribution < -0.4 is 15.6 Å². The van der Waals surface area contributed by atoms with Gasteiger partial charge in [-0.1, -0.05) is 24.3 Å². The van der Waals surface area contributed by atoms with Crippen molar-refractivity contribution < 1.29 is 32.5 Å². The summed E-state index contributed by atoms with van der Waals surface area (Å²) in [5.74, 6) is 0.430. The van der Waals surface area contributed by atoms with Crippen molar-refractivity contribution in [3.63, 3.8) is 0 Å². The summed E-state index contributed by atoms with van der Waals surface area (Å²) in [6, 6.07) is 11.8. The van der Waals surface area contributed by atoms with Gasteiger partial charge in [-0.2, -0.15) is 13.2 Å². The third-order valence-electron chi connectivity index (χ3n) is 5.09. The molecule has 1 atom stereocenters. The van der Waals surface area contributed by atoms with Gasteiger partial charge in [-0.15, -0.1) is 6.58 Å². The number of hydrogen-bond acceptors (Lipinski definition) is 6. The summed E-state index contributed by atoms with van der Waals surface area (Å²) in [6.45, 7) is 4.11. The minimum absolute atomic E-state index is 0.00496. The van der Waals surface area contributed by atoms with E-state index in [1.54, 1.807) is 30.3 Å². The Morgan fingerprint density at radius 2 is 2.03 bits per heavy atom. The van der Waals surface area contributed by atoms with Crippen LogP contribution >= 0.6 is 0 Å². The Labute approximate surface area is 195 Å². The molecule has 0 saturated carbocycles. The summed E-state index contributed by atoms with van der Waals surface area (Å²) in [5, 5.41) is 8.82. The summed E-state index contributed by atoms with van der Waals surface area (Å²) in [6.07, 6.45) is -2.15. The first-order valence-corrected chi connectivity index (χ1v) is 10.6. The van der Waals surface area contributed by atoms with Crippen molar-refractivity contribution in [3.8, 4) is 5.75 Å². The van der Waals surface area contributed by atoms with Crippen LogP contribution in [0.25, 0.3) is 0 Å². The monoisotopic (exact) mass is 477 g/mol. The van der Waals surface area contributed by atoms with Crippen LogP contribution in [0, 0.1) is 0 Å². The van der Waals surface area contributed by atoms with E-state index in [4.69, 9.17) is 14.6 Å². The predicted octanol–water partition coefficient (Wildman–Crippen LogP) is 3.38. The van der Waals surface area contributed by atoms with Crippen LogP contribution in [-0.4, -0.2) is 42.3 Å². The van der Waals surface area contributed by atoms with Crippen LogP contribution in [0.5, 0.6) is 5.75 Å². The Morgan fingerprint density at radius 1 is 1.26 bits per heavy atom. The second-order valence-electron chi connectivity index (χ2n) is 7.69. The van der Waals surface area contributed by atoms with Crippen LogP contribution in [-0.2, 0) is 22.3 Å². The largest absolute Gasteiger partial charge is 0.494 e. The molecule has 0 bridgehead atoms. The fraction of sp³-hybridized carbons (Fsp3) is 0.333. The molecule has 1 aliphatic rings. The number of rotatable bonds is 11. The third-order valence-corrected chi connectivity index (χ3v) is 5.09. The Hall–Kier alpha value is -3.37. The molecule has 0 fully saturated rings. The molecule has 182 valence electrons. The van der Waals surface area contributed by atoms with Gasteiger partial charge in [-0.05, 0) is 35.9 Å². The first-order valence-electron chi connectivity index (χ1n) is 10.6. The number of alkyl halides is 3. The molecule has 2 aromatic carbocycles. The van der Waals surface area contributed by atoms with Gasteiger partial charge >= 0.3 is 6.18 Å². The molecule has 34 heavy (non-hydrogen) atoms. The number of ether oxygens (including phenoxy) is 2. The number of carbonyl (C=O) groups is 1. The van der Waals surface area contributed by atoms with E-state index in [1.165, 1.54) is 12.1 Å². The lowest BCUT2D eigenvalue weighted by molar-refractivity contribution is -0.137. The number of benzene rings is 2. The fourth-order valence-corrected chi connectivity index (χ4v) is 3.30. The minimum Gasteiger partial charge on any atom is -0.494 e. The number of carbonyl (C=O) groups excluding carboxylic acids is 1. The normalized spacial score (nSPS) is 17.6. The topological polar surface area (TPSA) is 92.2 Å². The number of amides is 1. The van der Waals surface area contributed by atoms with Crippen LogP contribution in [0.2, 0.25) is 0 Å². The van der Waals surface area contributed by atoms with Gasteiger partial charge in [0.2, 0.25) is 5.90 Å². The molecule has 0 aliphatic carbocycles. The van der Waals surface area contributed by atoms with Crippen molar-refractivity contribution in [3.05, 3.63) is 77.9 Å². The van der Waals surface area contributed by atoms with E-state index in [0.717, 1.165) is 12.1 Å². The quantitative estimate of drug-likeness (QED) is 0.262. The standard InChI is InChI=1S/C24H26F3N3O4/c1-2-11-23(22(32)30-28-15-17-5-3-6-19(14-17)24(25,26)27)16-34-21(29-23)18-7-9-20(10-8-18)33-13-4-12-31/h2-3,5-10,14,28,31H,1,4,11-13,15-16H2,(H,30,32)/t23-/m0/s1. The molecule has 1 aliphatic heterocycles. The second-order valence-corrected chi connectivity index (χ2v) is 7.69. The maximum absolute atomic E-state index is 12.9. The van der Waals surface area contributed by atoms with Crippen molar-refractivity contribution in [1.29, 1.82) is 0 Å². The molecule has 7 nitrogen and oxygen atoms in total. The van der Waals surface area contributed by atoms with Gasteiger partial charge in [-0.25, -0.2) is 10.4 Å². The number of halogens is 3. The van der Waals surface area contributed by atoms with Gasteiger partial charge in [0.15, 0.2) is 5.54 Å². The van der Waals surface area contributed by atoms with Crippen molar-refractivity contribution >= 4 is 11.8 Å². The van der Waals surface area contributed by atoms with Crippen LogP contribution in [0.3, 0.4) is 0 Å². The van der Waals surface area contributed by atoms with E-state index in [0.29, 0.717) is 29.9 Å². The van der Waals surface area contributed by atoms with E-state index in [-0.39, 0.29) is 32.1 Å². The number of nitrogens with zero attached hydrogens (tertiary/aromatic N) is 1. The average Bonchev–Trinajstić information content (AvgIpc) is 3.25. The number of hydrogen-bond donors (Lipinski definition) is 3. The third kappa shape index (κ3) is 6.36. The molecule has 3 N–H and O–H groups in total. The van der Waals surface area contributed by atoms with Gasteiger partial charge in [0.1, 0.15) is 12.4 Å². The second kappa shape index (κ2) is 11.2. The summed E-state index contributed by atoms with van der Waals surface area (Å²) in [5.41, 5.74) is 4.19. The van der Waals surface area contributed by atoms with Crippen LogP contribution in [0.15, 0.2) is 66.2 Å². The van der Waals surface area contributed by atoms with Gasteiger partial charge < -0.3 is 14.6 Å². The molecule has 0 saturated heterocycles. The van der Waals surface area contributed by atoms with Crippen molar-refractivity contribution in [2.24, 2.45) is 4.99 Å². The number of aliphatic hydroxyl groups is 1. The molecule has 10 heteroatoms. The number of nitrogens with one attached hydrogen (secondary N) is 2. The summed E-state index contributed by atoms with van der Waals surface area (Å²) in [7, 11) is 0. The van der Waals surface area contributed by atoms with E-state index in [1.807, 2.05) is 0 Å². The SMILES string of the molecule is C=CC[C@@]1(C(=O)NNCc2cccc(C(F)(F)F)c2)COC(c2ccc(OCCCO)cc2)=N1. The van der Waals surface area contributed by atoms with E-state index in [9.17, 15) is 18.0 Å². The number of hydrazine groups is 1. The fourth-order valence-electron chi connectivity index (χ4n) is 3.30. The lowest BCUT2D eigenvalue weighted by Crippen LogP contribution is -2.51. The Morgan fingerprint density at radius 3 is 2.71 bits per heavy atom. The summed E-state index contributed by atoms with van der Waals surface area (Å²) < 4.78 is 49.8. The molecular weight excluding hydrogens is 451 g/mol. The lowest BCUT2D eigenvalue weighted by atomic mass is 9.97. The molecule has 3 rings (SSSR count). The summed E-state index contributed by atoms with van der Waals surface area (Å²) >= 11 is 0. The molecule has 0 spiro atoms. The minimum atomic E-state index is -4.44. The van der Waals surface area contributed by atoms with Crippen LogP contribution in [0.4, 0.5) is 13.2 Å². The van der Waals surface area contributed by atoms with Crippen molar-refractivity contribution in [2.45, 2.75) is 31.1 Å². The van der Waals surface area contributed by atoms with Crippen molar-refractivity contribution in [2.75, 3.05) is 19.8 Å². The van der Waals surface area contributed by atoms with Gasteiger partial charge in [0, 0.05) is 31.6 Å². The highest BCUT2D eigenvalue weighted by atomic mass is 19.4. The van der Waals surface area contributed by atoms with E-state index < -0.39 is 23.2 Å². The zero-order valence-electron chi connectivity index (χ0n) is 18.4. The zero-order valence-corrected chi connectivity index (χ0v) is 18.4. The van der Waals surface area contributed by atoms with E-state index >= 15 is 0 Å². The molecule has 1 heterocycles. The number of aliphatic imine (C=N–C) groups is 1. The number of aliphatic hydroxyl groups excluding tert-OH is 1. The maximum atomic E-state index is 12.9. The smallest absolute Gasteiger partial charge is 0.416 e. The molecule has 0 radical (unpaired) electrons. The molecule has 2 aromatic rings. The highest BCUT2D eigenvalue weighted by Crippen LogP contribution is 2.30. The lowest BCUT2D eigenvalue weighted by Gasteiger charge is -2.21. The first kappa shape index (κ1) is 25.3. The average molecular weight is 477 g/mol. The Kier molecular flexibility index (Phi) is 8.30. The highest BCUT2D eigenvalue weighted by Gasteiger charge is 2.43. The van der Waals surface area contributed by atoms with Gasteiger partial charge in [-0.3, -0.25) is 10.2 Å². The van der Waals surface area contributed by atoms with Gasteiger partial charge in [0.25, 0.3) is 5.91 Å². The molecule has 1 amide bonds. The maximum Gasteiger partial charge on any atom is 0.416 e. The van der Waals surface area contributed by atoms with Crippen molar-refractivity contribution in [1.82, 2.24) is 10.9 Å². The molecule has 0 unspecified atom stereocenters. The summed E-state index contributed by atoms with van der Waals surface area (Å²) in [4.78, 5) is 17.4.